The molecule has 2 unspecified atom stereocenters. The van der Waals surface area contributed by atoms with E-state index in [9.17, 15) is 9.59 Å². The molecule has 3 amide bonds. The first-order valence-corrected chi connectivity index (χ1v) is 3.05. The molecular formula is C5H8N2O4. The van der Waals surface area contributed by atoms with E-state index < -0.39 is 30.7 Å². The van der Waals surface area contributed by atoms with Crippen molar-refractivity contribution in [3.05, 3.63) is 0 Å². The lowest BCUT2D eigenvalue weighted by Gasteiger charge is -2.11. The van der Waals surface area contributed by atoms with E-state index in [-0.39, 0.29) is 0 Å². The molecule has 1 aliphatic heterocycles. The molecule has 0 spiro atoms. The molecule has 2 atom stereocenters. The lowest BCUT2D eigenvalue weighted by Crippen LogP contribution is -2.42. The van der Waals surface area contributed by atoms with Crippen molar-refractivity contribution in [3.63, 3.8) is 0 Å². The highest BCUT2D eigenvalue weighted by molar-refractivity contribution is 6.04. The molecule has 0 aromatic heterocycles. The lowest BCUT2D eigenvalue weighted by molar-refractivity contribution is -0.123. The largest absolute Gasteiger partial charge is 0.394 e. The average Bonchev–Trinajstić information content (AvgIpc) is 2.28. The van der Waals surface area contributed by atoms with Crippen molar-refractivity contribution in [2.24, 2.45) is 0 Å². The van der Waals surface area contributed by atoms with Crippen LogP contribution in [0.2, 0.25) is 0 Å². The Morgan fingerprint density at radius 1 is 1.55 bits per heavy atom. The van der Waals surface area contributed by atoms with Crippen LogP contribution in [0.5, 0.6) is 0 Å². The van der Waals surface area contributed by atoms with Gasteiger partial charge < -0.3 is 15.5 Å². The van der Waals surface area contributed by atoms with Gasteiger partial charge in [0, 0.05) is 0 Å². The standard InChI is InChI=1S/C5H8N2O4/c8-1-2(9)3-4(10)7-5(11)6-3/h2-3,8-9H,1H2,(H2,6,7,10,11). The van der Waals surface area contributed by atoms with E-state index in [0.29, 0.717) is 0 Å². The monoisotopic (exact) mass is 160 g/mol. The van der Waals surface area contributed by atoms with Gasteiger partial charge in [-0.1, -0.05) is 0 Å². The second kappa shape index (κ2) is 2.85. The van der Waals surface area contributed by atoms with Crippen molar-refractivity contribution in [2.45, 2.75) is 12.1 Å². The molecule has 4 N–H and O–H groups in total. The maximum Gasteiger partial charge on any atom is 0.322 e. The van der Waals surface area contributed by atoms with E-state index >= 15 is 0 Å². The highest BCUT2D eigenvalue weighted by Crippen LogP contribution is 1.98. The van der Waals surface area contributed by atoms with Crippen molar-refractivity contribution < 1.29 is 19.8 Å². The van der Waals surface area contributed by atoms with Gasteiger partial charge >= 0.3 is 6.03 Å². The van der Waals surface area contributed by atoms with Crippen LogP contribution in [0.15, 0.2) is 0 Å². The Balaban J connectivity index is 2.59. The van der Waals surface area contributed by atoms with E-state index in [2.05, 4.69) is 5.32 Å². The molecular weight excluding hydrogens is 152 g/mol. The van der Waals surface area contributed by atoms with Crippen molar-refractivity contribution >= 4 is 11.9 Å². The molecule has 0 saturated carbocycles. The van der Waals surface area contributed by atoms with Crippen LogP contribution >= 0.6 is 0 Å². The summed E-state index contributed by atoms with van der Waals surface area (Å²) in [5.74, 6) is -0.614. The minimum absolute atomic E-state index is 0.557. The van der Waals surface area contributed by atoms with Gasteiger partial charge in [0.25, 0.3) is 5.91 Å². The normalized spacial score (nSPS) is 26.2. The summed E-state index contributed by atoms with van der Waals surface area (Å²) in [7, 11) is 0. The predicted molar refractivity (Wildman–Crippen MR) is 33.6 cm³/mol. The molecule has 6 heteroatoms. The van der Waals surface area contributed by atoms with E-state index in [4.69, 9.17) is 10.2 Å². The van der Waals surface area contributed by atoms with E-state index in [1.807, 2.05) is 5.32 Å². The molecule has 11 heavy (non-hydrogen) atoms. The number of hydrogen-bond donors (Lipinski definition) is 4. The zero-order chi connectivity index (χ0) is 8.43. The van der Waals surface area contributed by atoms with E-state index in [1.165, 1.54) is 0 Å². The number of rotatable bonds is 2. The second-order valence-electron chi connectivity index (χ2n) is 2.19. The van der Waals surface area contributed by atoms with Crippen LogP contribution in [0.3, 0.4) is 0 Å². The molecule has 0 bridgehead atoms. The SMILES string of the molecule is O=C1NC(=O)C(C(O)CO)N1. The van der Waals surface area contributed by atoms with Gasteiger partial charge in [0.15, 0.2) is 0 Å². The van der Waals surface area contributed by atoms with Gasteiger partial charge in [0.05, 0.1) is 6.61 Å². The Hall–Kier alpha value is -1.14. The molecule has 6 nitrogen and oxygen atoms in total. The molecule has 1 aliphatic rings. The van der Waals surface area contributed by atoms with Gasteiger partial charge in [0.2, 0.25) is 0 Å². The van der Waals surface area contributed by atoms with Crippen molar-refractivity contribution in [1.29, 1.82) is 0 Å². The second-order valence-corrected chi connectivity index (χ2v) is 2.19. The number of urea groups is 1. The minimum atomic E-state index is -1.23. The van der Waals surface area contributed by atoms with Gasteiger partial charge in [-0.25, -0.2) is 4.79 Å². The summed E-state index contributed by atoms with van der Waals surface area (Å²) in [6.07, 6.45) is -1.23. The Morgan fingerprint density at radius 2 is 2.18 bits per heavy atom. The van der Waals surface area contributed by atoms with Crippen molar-refractivity contribution in [3.8, 4) is 0 Å². The molecule has 1 heterocycles. The van der Waals surface area contributed by atoms with Crippen molar-refractivity contribution in [2.75, 3.05) is 6.61 Å². The topological polar surface area (TPSA) is 98.7 Å². The first-order chi connectivity index (χ1) is 5.15. The third kappa shape index (κ3) is 1.47. The molecule has 0 aromatic rings. The quantitative estimate of drug-likeness (QED) is 0.337. The summed E-state index contributed by atoms with van der Waals surface area (Å²) in [4.78, 5) is 21.2. The lowest BCUT2D eigenvalue weighted by atomic mass is 10.2. The third-order valence-corrected chi connectivity index (χ3v) is 1.38. The smallest absolute Gasteiger partial charge is 0.322 e. The fraction of sp³-hybridized carbons (Fsp3) is 0.600. The first-order valence-electron chi connectivity index (χ1n) is 3.05. The molecule has 0 aliphatic carbocycles. The highest BCUT2D eigenvalue weighted by atomic mass is 16.3. The van der Waals surface area contributed by atoms with E-state index in [1.54, 1.807) is 0 Å². The van der Waals surface area contributed by atoms with Gasteiger partial charge in [-0.15, -0.1) is 0 Å². The predicted octanol–water partition coefficient (Wildman–Crippen LogP) is -2.45. The zero-order valence-electron chi connectivity index (χ0n) is 5.57. The number of carbonyl (C=O) groups is 2. The number of amides is 3. The zero-order valence-corrected chi connectivity index (χ0v) is 5.57. The molecule has 0 radical (unpaired) electrons. The first kappa shape index (κ1) is 7.96. The molecule has 62 valence electrons. The Labute approximate surface area is 62.2 Å². The number of imide groups is 1. The Bertz CT molecular complexity index is 193. The molecule has 0 aromatic carbocycles. The Kier molecular flexibility index (Phi) is 2.06. The van der Waals surface area contributed by atoms with E-state index in [0.717, 1.165) is 0 Å². The van der Waals surface area contributed by atoms with Crippen LogP contribution in [0, 0.1) is 0 Å². The summed E-state index contributed by atoms with van der Waals surface area (Å²) in [5.41, 5.74) is 0. The third-order valence-electron chi connectivity index (χ3n) is 1.38. The van der Waals surface area contributed by atoms with Crippen molar-refractivity contribution in [1.82, 2.24) is 10.6 Å². The van der Waals surface area contributed by atoms with Gasteiger partial charge in [0.1, 0.15) is 12.1 Å². The maximum absolute atomic E-state index is 10.7. The highest BCUT2D eigenvalue weighted by Gasteiger charge is 2.34. The number of aliphatic hydroxyl groups is 2. The number of carbonyl (C=O) groups excluding carboxylic acids is 2. The molecule has 1 rings (SSSR count). The van der Waals surface area contributed by atoms with Gasteiger partial charge in [-0.3, -0.25) is 10.1 Å². The summed E-state index contributed by atoms with van der Waals surface area (Å²) >= 11 is 0. The average molecular weight is 160 g/mol. The van der Waals surface area contributed by atoms with Crippen LogP contribution in [-0.2, 0) is 4.79 Å². The van der Waals surface area contributed by atoms with Crippen LogP contribution in [-0.4, -0.2) is 40.9 Å². The van der Waals surface area contributed by atoms with Gasteiger partial charge in [-0.05, 0) is 0 Å². The summed E-state index contributed by atoms with van der Waals surface area (Å²) in [5, 5.41) is 21.4. The fourth-order valence-electron chi connectivity index (χ4n) is 0.809. The van der Waals surface area contributed by atoms with Crippen LogP contribution in [0.1, 0.15) is 0 Å². The number of nitrogens with one attached hydrogen (secondary N) is 2. The number of hydrogen-bond acceptors (Lipinski definition) is 4. The van der Waals surface area contributed by atoms with Crippen LogP contribution in [0.25, 0.3) is 0 Å². The molecule has 1 fully saturated rings. The molecule has 1 saturated heterocycles. The number of aliphatic hydroxyl groups excluding tert-OH is 2. The maximum atomic E-state index is 10.7. The summed E-state index contributed by atoms with van der Waals surface area (Å²) in [6, 6.07) is -1.67. The van der Waals surface area contributed by atoms with Crippen LogP contribution < -0.4 is 10.6 Å². The Morgan fingerprint density at radius 3 is 2.55 bits per heavy atom. The fourth-order valence-corrected chi connectivity index (χ4v) is 0.809. The summed E-state index contributed by atoms with van der Waals surface area (Å²) < 4.78 is 0. The summed E-state index contributed by atoms with van der Waals surface area (Å²) in [6.45, 7) is -0.557. The van der Waals surface area contributed by atoms with Crippen LogP contribution in [0.4, 0.5) is 4.79 Å². The minimum Gasteiger partial charge on any atom is -0.394 e. The van der Waals surface area contributed by atoms with Gasteiger partial charge in [-0.2, -0.15) is 0 Å².